The predicted molar refractivity (Wildman–Crippen MR) is 71.7 cm³/mol. The number of hydrazine groups is 1. The molecule has 1 aromatic heterocycles. The Morgan fingerprint density at radius 3 is 3.06 bits per heavy atom. The molecule has 0 radical (unpaired) electrons. The lowest BCUT2D eigenvalue weighted by molar-refractivity contribution is 0.00524. The molecule has 0 spiro atoms. The quantitative estimate of drug-likeness (QED) is 0.536. The Labute approximate surface area is 108 Å². The van der Waals surface area contributed by atoms with Gasteiger partial charge >= 0.3 is 0 Å². The van der Waals surface area contributed by atoms with Crippen molar-refractivity contribution < 1.29 is 4.74 Å². The van der Waals surface area contributed by atoms with Gasteiger partial charge in [0.15, 0.2) is 0 Å². The Hall–Kier alpha value is -1.17. The molecule has 0 saturated carbocycles. The van der Waals surface area contributed by atoms with Crippen LogP contribution in [-0.2, 0) is 11.2 Å². The largest absolute Gasteiger partial charge is 0.384 e. The molecule has 2 unspecified atom stereocenters. The number of hydrogen-bond donors (Lipinski definition) is 3. The van der Waals surface area contributed by atoms with E-state index in [1.807, 2.05) is 12.1 Å². The van der Waals surface area contributed by atoms with Gasteiger partial charge in [-0.05, 0) is 49.8 Å². The van der Waals surface area contributed by atoms with Crippen molar-refractivity contribution in [3.05, 3.63) is 23.9 Å². The lowest BCUT2D eigenvalue weighted by atomic mass is 9.97. The fraction of sp³-hybridized carbons (Fsp3) is 0.615. The summed E-state index contributed by atoms with van der Waals surface area (Å²) >= 11 is 0. The maximum Gasteiger partial charge on any atom is 0.123 e. The van der Waals surface area contributed by atoms with Crippen molar-refractivity contribution in [3.63, 3.8) is 0 Å². The maximum atomic E-state index is 5.74. The van der Waals surface area contributed by atoms with Gasteiger partial charge in [-0.15, -0.1) is 0 Å². The lowest BCUT2D eigenvalue weighted by Gasteiger charge is -2.26. The average molecular weight is 250 g/mol. The highest BCUT2D eigenvalue weighted by Crippen LogP contribution is 2.18. The first-order chi connectivity index (χ1) is 8.78. The molecule has 1 fully saturated rings. The van der Waals surface area contributed by atoms with Crippen molar-refractivity contribution in [2.75, 3.05) is 12.3 Å². The number of nitrogens with one attached hydrogen (secondary N) is 1. The minimum atomic E-state index is 0.217. The van der Waals surface area contributed by atoms with E-state index in [9.17, 15) is 0 Å². The molecular weight excluding hydrogens is 228 g/mol. The van der Waals surface area contributed by atoms with Crippen molar-refractivity contribution >= 4 is 5.82 Å². The molecule has 0 bridgehead atoms. The minimum Gasteiger partial charge on any atom is -0.384 e. The number of nitrogens with zero attached hydrogens (tertiary/aromatic N) is 1. The molecule has 1 aliphatic heterocycles. The monoisotopic (exact) mass is 250 g/mol. The summed E-state index contributed by atoms with van der Waals surface area (Å²) in [6, 6.07) is 4.09. The van der Waals surface area contributed by atoms with Crippen LogP contribution in [0.25, 0.3) is 0 Å². The first-order valence-corrected chi connectivity index (χ1v) is 6.56. The van der Waals surface area contributed by atoms with Crippen LogP contribution in [0.4, 0.5) is 5.82 Å². The van der Waals surface area contributed by atoms with Crippen LogP contribution < -0.4 is 17.0 Å². The first kappa shape index (κ1) is 13.3. The SMILES string of the molecule is NNC(Cc1ccnc(N)c1)CC1CCCCO1. The van der Waals surface area contributed by atoms with Gasteiger partial charge in [0.2, 0.25) is 0 Å². The van der Waals surface area contributed by atoms with Gasteiger partial charge in [-0.3, -0.25) is 11.3 Å². The van der Waals surface area contributed by atoms with Gasteiger partial charge in [0.05, 0.1) is 6.10 Å². The molecule has 100 valence electrons. The molecule has 0 aromatic carbocycles. The topological polar surface area (TPSA) is 86.2 Å². The van der Waals surface area contributed by atoms with Crippen LogP contribution in [0, 0.1) is 0 Å². The molecule has 2 atom stereocenters. The van der Waals surface area contributed by atoms with E-state index >= 15 is 0 Å². The van der Waals surface area contributed by atoms with Crippen molar-refractivity contribution in [2.45, 2.75) is 44.2 Å². The number of hydrogen-bond acceptors (Lipinski definition) is 5. The zero-order chi connectivity index (χ0) is 12.8. The zero-order valence-electron chi connectivity index (χ0n) is 10.6. The molecule has 2 heterocycles. The molecule has 18 heavy (non-hydrogen) atoms. The van der Waals surface area contributed by atoms with E-state index < -0.39 is 0 Å². The number of ether oxygens (including phenoxy) is 1. The van der Waals surface area contributed by atoms with E-state index in [2.05, 4.69) is 10.4 Å². The normalized spacial score (nSPS) is 21.7. The summed E-state index contributed by atoms with van der Waals surface area (Å²) < 4.78 is 5.74. The van der Waals surface area contributed by atoms with Gasteiger partial charge in [0.1, 0.15) is 5.82 Å². The molecule has 5 heteroatoms. The zero-order valence-corrected chi connectivity index (χ0v) is 10.6. The van der Waals surface area contributed by atoms with E-state index in [0.717, 1.165) is 31.4 Å². The summed E-state index contributed by atoms with van der Waals surface area (Å²) in [5.41, 5.74) is 9.70. The Morgan fingerprint density at radius 2 is 2.39 bits per heavy atom. The van der Waals surface area contributed by atoms with E-state index in [1.54, 1.807) is 6.20 Å². The van der Waals surface area contributed by atoms with Gasteiger partial charge in [-0.2, -0.15) is 0 Å². The summed E-state index contributed by atoms with van der Waals surface area (Å²) in [5, 5.41) is 0. The second-order valence-corrected chi connectivity index (χ2v) is 4.88. The molecule has 0 aliphatic carbocycles. The van der Waals surface area contributed by atoms with E-state index in [0.29, 0.717) is 11.9 Å². The van der Waals surface area contributed by atoms with Crippen molar-refractivity contribution in [1.29, 1.82) is 0 Å². The molecule has 0 amide bonds. The fourth-order valence-electron chi connectivity index (χ4n) is 2.43. The van der Waals surface area contributed by atoms with E-state index in [-0.39, 0.29) is 6.04 Å². The highest BCUT2D eigenvalue weighted by molar-refractivity contribution is 5.32. The van der Waals surface area contributed by atoms with Crippen LogP contribution >= 0.6 is 0 Å². The Kier molecular flexibility index (Phi) is 4.92. The molecule has 1 aromatic rings. The smallest absolute Gasteiger partial charge is 0.123 e. The number of anilines is 1. The minimum absolute atomic E-state index is 0.217. The number of nitrogens with two attached hydrogens (primary N) is 2. The van der Waals surface area contributed by atoms with Gasteiger partial charge in [0, 0.05) is 18.8 Å². The van der Waals surface area contributed by atoms with E-state index in [1.165, 1.54) is 12.8 Å². The van der Waals surface area contributed by atoms with Crippen molar-refractivity contribution in [3.8, 4) is 0 Å². The third-order valence-electron chi connectivity index (χ3n) is 3.38. The van der Waals surface area contributed by atoms with Gasteiger partial charge in [-0.25, -0.2) is 4.98 Å². The summed E-state index contributed by atoms with van der Waals surface area (Å²) in [4.78, 5) is 3.99. The molecule has 5 nitrogen and oxygen atoms in total. The van der Waals surface area contributed by atoms with Crippen molar-refractivity contribution in [2.24, 2.45) is 5.84 Å². The van der Waals surface area contributed by atoms with Crippen LogP contribution in [0.15, 0.2) is 18.3 Å². The molecule has 5 N–H and O–H groups in total. The van der Waals surface area contributed by atoms with Gasteiger partial charge < -0.3 is 10.5 Å². The highest BCUT2D eigenvalue weighted by Gasteiger charge is 2.19. The van der Waals surface area contributed by atoms with Crippen molar-refractivity contribution in [1.82, 2.24) is 10.4 Å². The Morgan fingerprint density at radius 1 is 1.50 bits per heavy atom. The second-order valence-electron chi connectivity index (χ2n) is 4.88. The van der Waals surface area contributed by atoms with Crippen LogP contribution in [0.5, 0.6) is 0 Å². The summed E-state index contributed by atoms with van der Waals surface area (Å²) in [5.74, 6) is 6.18. The summed E-state index contributed by atoms with van der Waals surface area (Å²) in [7, 11) is 0. The Bertz CT molecular complexity index is 366. The summed E-state index contributed by atoms with van der Waals surface area (Å²) in [6.07, 6.45) is 7.43. The van der Waals surface area contributed by atoms with Crippen LogP contribution in [0.3, 0.4) is 0 Å². The first-order valence-electron chi connectivity index (χ1n) is 6.56. The predicted octanol–water partition coefficient (Wildman–Crippen LogP) is 0.997. The molecule has 1 saturated heterocycles. The molecule has 2 rings (SSSR count). The Balaban J connectivity index is 1.88. The lowest BCUT2D eigenvalue weighted by Crippen LogP contribution is -2.40. The third kappa shape index (κ3) is 3.94. The van der Waals surface area contributed by atoms with Crippen LogP contribution in [0.2, 0.25) is 0 Å². The van der Waals surface area contributed by atoms with Crippen LogP contribution in [0.1, 0.15) is 31.2 Å². The van der Waals surface area contributed by atoms with Gasteiger partial charge in [0.25, 0.3) is 0 Å². The molecule has 1 aliphatic rings. The third-order valence-corrected chi connectivity index (χ3v) is 3.38. The summed E-state index contributed by atoms with van der Waals surface area (Å²) in [6.45, 7) is 0.879. The number of rotatable bonds is 5. The van der Waals surface area contributed by atoms with Gasteiger partial charge in [-0.1, -0.05) is 0 Å². The molecular formula is C13H22N4O. The number of pyridine rings is 1. The highest BCUT2D eigenvalue weighted by atomic mass is 16.5. The fourth-order valence-corrected chi connectivity index (χ4v) is 2.43. The van der Waals surface area contributed by atoms with E-state index in [4.69, 9.17) is 16.3 Å². The average Bonchev–Trinajstić information content (AvgIpc) is 2.39. The van der Waals surface area contributed by atoms with Crippen LogP contribution in [-0.4, -0.2) is 23.7 Å². The standard InChI is InChI=1S/C13H22N4O/c14-13-8-10(4-5-16-13)7-11(17-15)9-12-3-1-2-6-18-12/h4-5,8,11-12,17H,1-3,6-7,9,15H2,(H2,14,16). The second kappa shape index (κ2) is 6.68. The number of nitrogen functional groups attached to an aromatic ring is 1. The maximum absolute atomic E-state index is 5.74. The number of aromatic nitrogens is 1.